The first-order chi connectivity index (χ1) is 16.7. The number of rotatable bonds is 9. The smallest absolute Gasteiger partial charge is 0.338 e. The molecule has 0 aliphatic rings. The Hall–Kier alpha value is -3.51. The lowest BCUT2D eigenvalue weighted by molar-refractivity contribution is -0.141. The summed E-state index contributed by atoms with van der Waals surface area (Å²) in [5.74, 6) is -1.65. The normalized spacial score (nSPS) is 11.9. The third-order valence-corrected chi connectivity index (χ3v) is 7.71. The maximum Gasteiger partial charge on any atom is 0.338 e. The van der Waals surface area contributed by atoms with Crippen molar-refractivity contribution < 1.29 is 37.0 Å². The van der Waals surface area contributed by atoms with Crippen molar-refractivity contribution in [3.05, 3.63) is 52.8 Å². The maximum absolute atomic E-state index is 12.6. The number of aromatic nitrogens is 1. The molecule has 2 aromatic carbocycles. The van der Waals surface area contributed by atoms with E-state index in [1.165, 1.54) is 43.1 Å². The number of methoxy groups -OCH3 is 2. The molecule has 12 heteroatoms. The lowest BCUT2D eigenvalue weighted by atomic mass is 10.2. The Bertz CT molecular complexity index is 1420. The van der Waals surface area contributed by atoms with Crippen molar-refractivity contribution in [2.24, 2.45) is 4.99 Å². The second-order valence-corrected chi connectivity index (χ2v) is 10.3. The molecule has 0 atom stereocenters. The van der Waals surface area contributed by atoms with Crippen molar-refractivity contribution >= 4 is 49.2 Å². The predicted octanol–water partition coefficient (Wildman–Crippen LogP) is 2.35. The van der Waals surface area contributed by atoms with Crippen LogP contribution in [0.25, 0.3) is 10.2 Å². The summed E-state index contributed by atoms with van der Waals surface area (Å²) in [6.45, 7) is 1.70. The molecule has 0 N–H and O–H groups in total. The van der Waals surface area contributed by atoms with Crippen LogP contribution in [0, 0.1) is 0 Å². The van der Waals surface area contributed by atoms with E-state index >= 15 is 0 Å². The molecular formula is C23H24N2O8S2. The molecule has 0 saturated heterocycles. The van der Waals surface area contributed by atoms with Crippen molar-refractivity contribution in [3.63, 3.8) is 0 Å². The second kappa shape index (κ2) is 11.3. The Morgan fingerprint density at radius 3 is 2.40 bits per heavy atom. The van der Waals surface area contributed by atoms with E-state index in [9.17, 15) is 22.8 Å². The number of hydrogen-bond donors (Lipinski definition) is 0. The maximum atomic E-state index is 12.6. The van der Waals surface area contributed by atoms with E-state index in [4.69, 9.17) is 14.2 Å². The number of hydrogen-bond acceptors (Lipinski definition) is 9. The van der Waals surface area contributed by atoms with Crippen molar-refractivity contribution in [3.8, 4) is 5.75 Å². The molecule has 10 nitrogen and oxygen atoms in total. The molecule has 0 saturated carbocycles. The summed E-state index contributed by atoms with van der Waals surface area (Å²) in [6.07, 6.45) is -0.352. The van der Waals surface area contributed by atoms with Crippen molar-refractivity contribution in [2.45, 2.75) is 24.8 Å². The summed E-state index contributed by atoms with van der Waals surface area (Å²) in [7, 11) is -1.00. The molecule has 0 aliphatic heterocycles. The third-order valence-electron chi connectivity index (χ3n) is 4.93. The first-order valence-electron chi connectivity index (χ1n) is 10.5. The van der Waals surface area contributed by atoms with Crippen LogP contribution in [0.15, 0.2) is 52.4 Å². The quantitative estimate of drug-likeness (QED) is 0.393. The molecule has 0 aliphatic carbocycles. The number of amides is 1. The molecule has 0 fully saturated rings. The van der Waals surface area contributed by atoms with Gasteiger partial charge in [0, 0.05) is 6.42 Å². The van der Waals surface area contributed by atoms with Gasteiger partial charge in [-0.25, -0.2) is 13.2 Å². The highest BCUT2D eigenvalue weighted by Crippen LogP contribution is 2.21. The number of nitrogens with zero attached hydrogens (tertiary/aromatic N) is 2. The summed E-state index contributed by atoms with van der Waals surface area (Å²) in [5.41, 5.74) is 0.875. The zero-order chi connectivity index (χ0) is 25.6. The Balaban J connectivity index is 1.90. The number of carbonyl (C=O) groups is 3. The van der Waals surface area contributed by atoms with Gasteiger partial charge in [0.2, 0.25) is 5.91 Å². The predicted molar refractivity (Wildman–Crippen MR) is 128 cm³/mol. The van der Waals surface area contributed by atoms with Crippen LogP contribution < -0.4 is 9.54 Å². The van der Waals surface area contributed by atoms with E-state index in [1.54, 1.807) is 25.1 Å². The van der Waals surface area contributed by atoms with Crippen LogP contribution in [-0.4, -0.2) is 57.4 Å². The van der Waals surface area contributed by atoms with Gasteiger partial charge in [-0.2, -0.15) is 4.99 Å². The molecule has 186 valence electrons. The van der Waals surface area contributed by atoms with E-state index in [1.807, 2.05) is 0 Å². The van der Waals surface area contributed by atoms with Crippen LogP contribution >= 0.6 is 11.3 Å². The summed E-state index contributed by atoms with van der Waals surface area (Å²) < 4.78 is 42.0. The van der Waals surface area contributed by atoms with E-state index in [-0.39, 0.29) is 29.3 Å². The standard InChI is InChI=1S/C23H24N2O8S2/c1-4-33-22(28)15-5-10-18-19(13-15)34-23(25(18)14-21(27)32-3)24-20(26)11-12-35(29,30)17-8-6-16(31-2)7-9-17/h5-10,13H,4,11-12,14H2,1-3H3. The van der Waals surface area contributed by atoms with E-state index in [2.05, 4.69) is 4.99 Å². The molecule has 0 bridgehead atoms. The minimum Gasteiger partial charge on any atom is -0.497 e. The fourth-order valence-electron chi connectivity index (χ4n) is 3.13. The van der Waals surface area contributed by atoms with E-state index in [0.717, 1.165) is 11.3 Å². The molecule has 3 rings (SSSR count). The molecule has 1 amide bonds. The van der Waals surface area contributed by atoms with Gasteiger partial charge in [0.25, 0.3) is 0 Å². The topological polar surface area (TPSA) is 130 Å². The highest BCUT2D eigenvalue weighted by Gasteiger charge is 2.18. The van der Waals surface area contributed by atoms with Gasteiger partial charge in [-0.05, 0) is 49.4 Å². The molecule has 0 spiro atoms. The summed E-state index contributed by atoms with van der Waals surface area (Å²) >= 11 is 1.08. The van der Waals surface area contributed by atoms with Gasteiger partial charge < -0.3 is 18.8 Å². The van der Waals surface area contributed by atoms with Gasteiger partial charge in [0.15, 0.2) is 14.6 Å². The molecule has 1 aromatic heterocycles. The third kappa shape index (κ3) is 6.34. The number of sulfone groups is 1. The van der Waals surface area contributed by atoms with Crippen molar-refractivity contribution in [2.75, 3.05) is 26.6 Å². The van der Waals surface area contributed by atoms with Gasteiger partial charge in [-0.3, -0.25) is 9.59 Å². The molecule has 0 radical (unpaired) electrons. The zero-order valence-electron chi connectivity index (χ0n) is 19.3. The minimum atomic E-state index is -3.72. The molecule has 1 heterocycles. The van der Waals surface area contributed by atoms with Crippen molar-refractivity contribution in [1.29, 1.82) is 0 Å². The van der Waals surface area contributed by atoms with Gasteiger partial charge in [0.05, 0.1) is 47.3 Å². The largest absolute Gasteiger partial charge is 0.497 e. The van der Waals surface area contributed by atoms with E-state index < -0.39 is 33.4 Å². The Labute approximate surface area is 205 Å². The van der Waals surface area contributed by atoms with Gasteiger partial charge >= 0.3 is 11.9 Å². The fourth-order valence-corrected chi connectivity index (χ4v) is 5.45. The SMILES string of the molecule is CCOC(=O)c1ccc2c(c1)sc(=NC(=O)CCS(=O)(=O)c1ccc(OC)cc1)n2CC(=O)OC. The number of carbonyl (C=O) groups excluding carboxylic acids is 3. The van der Waals surface area contributed by atoms with Crippen molar-refractivity contribution in [1.82, 2.24) is 4.57 Å². The Morgan fingerprint density at radius 1 is 1.06 bits per heavy atom. The summed E-state index contributed by atoms with van der Waals surface area (Å²) in [4.78, 5) is 40.9. The number of thiazole rings is 1. The Kier molecular flexibility index (Phi) is 8.41. The molecule has 0 unspecified atom stereocenters. The van der Waals surface area contributed by atoms with Gasteiger partial charge in [0.1, 0.15) is 12.3 Å². The summed E-state index contributed by atoms with van der Waals surface area (Å²) in [6, 6.07) is 10.6. The molecular weight excluding hydrogens is 496 g/mol. The van der Waals surface area contributed by atoms with Gasteiger partial charge in [-0.1, -0.05) is 11.3 Å². The average Bonchev–Trinajstić information content (AvgIpc) is 3.18. The van der Waals surface area contributed by atoms with Crippen LogP contribution in [0.2, 0.25) is 0 Å². The first kappa shape index (κ1) is 26.1. The highest BCUT2D eigenvalue weighted by molar-refractivity contribution is 7.91. The summed E-state index contributed by atoms with van der Waals surface area (Å²) in [5, 5.41) is 0. The number of benzene rings is 2. The number of fused-ring (bicyclic) bond motifs is 1. The van der Waals surface area contributed by atoms with Crippen LogP contribution in [0.5, 0.6) is 5.75 Å². The minimum absolute atomic E-state index is 0.0696. The lowest BCUT2D eigenvalue weighted by Gasteiger charge is -2.05. The average molecular weight is 521 g/mol. The Morgan fingerprint density at radius 2 is 1.77 bits per heavy atom. The van der Waals surface area contributed by atoms with Crippen LogP contribution in [0.1, 0.15) is 23.7 Å². The van der Waals surface area contributed by atoms with Crippen LogP contribution in [-0.2, 0) is 35.4 Å². The molecule has 35 heavy (non-hydrogen) atoms. The highest BCUT2D eigenvalue weighted by atomic mass is 32.2. The first-order valence-corrected chi connectivity index (χ1v) is 13.0. The fraction of sp³-hybridized carbons (Fsp3) is 0.304. The van der Waals surface area contributed by atoms with Gasteiger partial charge in [-0.15, -0.1) is 0 Å². The lowest BCUT2D eigenvalue weighted by Crippen LogP contribution is -2.23. The zero-order valence-corrected chi connectivity index (χ0v) is 21.0. The second-order valence-electron chi connectivity index (χ2n) is 7.20. The number of esters is 2. The van der Waals surface area contributed by atoms with Crippen LogP contribution in [0.3, 0.4) is 0 Å². The van der Waals surface area contributed by atoms with Crippen LogP contribution in [0.4, 0.5) is 0 Å². The molecule has 3 aromatic rings. The number of ether oxygens (including phenoxy) is 3. The van der Waals surface area contributed by atoms with E-state index in [0.29, 0.717) is 21.5 Å². The monoisotopic (exact) mass is 520 g/mol.